The van der Waals surface area contributed by atoms with E-state index in [1.165, 1.54) is 7.11 Å². The molecule has 1 saturated heterocycles. The van der Waals surface area contributed by atoms with Gasteiger partial charge >= 0.3 is 5.97 Å². The van der Waals surface area contributed by atoms with E-state index in [0.29, 0.717) is 0 Å². The van der Waals surface area contributed by atoms with Gasteiger partial charge in [0.15, 0.2) is 0 Å². The molecule has 0 bridgehead atoms. The number of nitrogens with zero attached hydrogens (tertiary/aromatic N) is 4. The summed E-state index contributed by atoms with van der Waals surface area (Å²) < 4.78 is 4.76. The number of hydrogen-bond donors (Lipinski definition) is 0. The molecule has 98 valence electrons. The van der Waals surface area contributed by atoms with Crippen molar-refractivity contribution in [2.75, 3.05) is 38.2 Å². The zero-order valence-corrected chi connectivity index (χ0v) is 10.7. The van der Waals surface area contributed by atoms with E-state index in [4.69, 9.17) is 4.74 Å². The average Bonchev–Trinajstić information content (AvgIpc) is 2.47. The Morgan fingerprint density at radius 3 is 2.44 bits per heavy atom. The second kappa shape index (κ2) is 5.77. The third kappa shape index (κ3) is 2.76. The van der Waals surface area contributed by atoms with Gasteiger partial charge in [0.2, 0.25) is 5.95 Å². The van der Waals surface area contributed by atoms with E-state index < -0.39 is 0 Å². The molecule has 1 atom stereocenters. The largest absolute Gasteiger partial charge is 0.468 e. The monoisotopic (exact) mass is 250 g/mol. The first kappa shape index (κ1) is 12.8. The highest BCUT2D eigenvalue weighted by Crippen LogP contribution is 2.12. The summed E-state index contributed by atoms with van der Waals surface area (Å²) in [6.45, 7) is 5.15. The molecule has 1 aromatic rings. The van der Waals surface area contributed by atoms with Gasteiger partial charge in [0.1, 0.15) is 6.04 Å². The van der Waals surface area contributed by atoms with Crippen LogP contribution in [-0.2, 0) is 9.53 Å². The number of rotatable bonds is 3. The molecule has 1 aliphatic heterocycles. The van der Waals surface area contributed by atoms with Gasteiger partial charge in [-0.25, -0.2) is 9.97 Å². The maximum absolute atomic E-state index is 11.5. The van der Waals surface area contributed by atoms with Crippen LogP contribution >= 0.6 is 0 Å². The van der Waals surface area contributed by atoms with Crippen molar-refractivity contribution in [3.05, 3.63) is 18.5 Å². The molecule has 0 spiro atoms. The van der Waals surface area contributed by atoms with Crippen LogP contribution in [0.25, 0.3) is 0 Å². The number of carbonyl (C=O) groups excluding carboxylic acids is 1. The molecule has 0 amide bonds. The van der Waals surface area contributed by atoms with Gasteiger partial charge in [-0.2, -0.15) is 0 Å². The van der Waals surface area contributed by atoms with E-state index >= 15 is 0 Å². The lowest BCUT2D eigenvalue weighted by Gasteiger charge is -2.36. The fourth-order valence-electron chi connectivity index (χ4n) is 2.08. The highest BCUT2D eigenvalue weighted by molar-refractivity contribution is 5.75. The lowest BCUT2D eigenvalue weighted by atomic mass is 10.2. The topological polar surface area (TPSA) is 58.6 Å². The van der Waals surface area contributed by atoms with E-state index in [0.717, 1.165) is 32.1 Å². The van der Waals surface area contributed by atoms with Crippen LogP contribution < -0.4 is 4.90 Å². The normalized spacial score (nSPS) is 18.4. The molecule has 0 saturated carbocycles. The van der Waals surface area contributed by atoms with Gasteiger partial charge in [-0.05, 0) is 13.0 Å². The van der Waals surface area contributed by atoms with Gasteiger partial charge in [-0.15, -0.1) is 0 Å². The Morgan fingerprint density at radius 2 is 1.89 bits per heavy atom. The zero-order valence-electron chi connectivity index (χ0n) is 10.7. The molecule has 0 N–H and O–H groups in total. The molecule has 1 fully saturated rings. The van der Waals surface area contributed by atoms with Crippen LogP contribution in [-0.4, -0.2) is 60.2 Å². The first-order chi connectivity index (χ1) is 8.72. The lowest BCUT2D eigenvalue weighted by molar-refractivity contribution is -0.146. The molecule has 1 aromatic heterocycles. The minimum atomic E-state index is -0.186. The van der Waals surface area contributed by atoms with Crippen LogP contribution in [0.5, 0.6) is 0 Å². The highest BCUT2D eigenvalue weighted by atomic mass is 16.5. The molecule has 2 rings (SSSR count). The Hall–Kier alpha value is -1.69. The third-order valence-corrected chi connectivity index (χ3v) is 3.24. The van der Waals surface area contributed by atoms with Crippen molar-refractivity contribution in [3.8, 4) is 0 Å². The molecule has 1 aliphatic rings. The number of esters is 1. The summed E-state index contributed by atoms with van der Waals surface area (Å²) in [4.78, 5) is 24.2. The number of aromatic nitrogens is 2. The fourth-order valence-corrected chi connectivity index (χ4v) is 2.08. The predicted molar refractivity (Wildman–Crippen MR) is 67.3 cm³/mol. The van der Waals surface area contributed by atoms with Crippen molar-refractivity contribution < 1.29 is 9.53 Å². The Bertz CT molecular complexity index is 390. The highest BCUT2D eigenvalue weighted by Gasteiger charge is 2.26. The van der Waals surface area contributed by atoms with Crippen molar-refractivity contribution in [3.63, 3.8) is 0 Å². The van der Waals surface area contributed by atoms with Crippen molar-refractivity contribution in [2.45, 2.75) is 13.0 Å². The zero-order chi connectivity index (χ0) is 13.0. The summed E-state index contributed by atoms with van der Waals surface area (Å²) in [5.74, 6) is 0.572. The summed E-state index contributed by atoms with van der Waals surface area (Å²) in [5, 5.41) is 0. The summed E-state index contributed by atoms with van der Waals surface area (Å²) in [6, 6.07) is 1.62. The second-order valence-electron chi connectivity index (χ2n) is 4.27. The number of piperazine rings is 1. The molecule has 6 heteroatoms. The molecule has 1 unspecified atom stereocenters. The van der Waals surface area contributed by atoms with E-state index in [-0.39, 0.29) is 12.0 Å². The van der Waals surface area contributed by atoms with Crippen molar-refractivity contribution in [2.24, 2.45) is 0 Å². The Balaban J connectivity index is 1.90. The molecular weight excluding hydrogens is 232 g/mol. The first-order valence-corrected chi connectivity index (χ1v) is 6.06. The number of anilines is 1. The maximum Gasteiger partial charge on any atom is 0.322 e. The van der Waals surface area contributed by atoms with Crippen molar-refractivity contribution in [1.29, 1.82) is 0 Å². The Labute approximate surface area is 107 Å². The predicted octanol–water partition coefficient (Wildman–Crippen LogP) is 0.160. The average molecular weight is 250 g/mol. The lowest BCUT2D eigenvalue weighted by Crippen LogP contribution is -2.52. The van der Waals surface area contributed by atoms with Crippen molar-refractivity contribution >= 4 is 11.9 Å². The van der Waals surface area contributed by atoms with Crippen LogP contribution in [0.4, 0.5) is 5.95 Å². The van der Waals surface area contributed by atoms with Crippen LogP contribution in [0.2, 0.25) is 0 Å². The van der Waals surface area contributed by atoms with Gasteiger partial charge in [-0.1, -0.05) is 0 Å². The molecule has 0 aliphatic carbocycles. The fraction of sp³-hybridized carbons (Fsp3) is 0.583. The van der Waals surface area contributed by atoms with Gasteiger partial charge in [-0.3, -0.25) is 9.69 Å². The number of ether oxygens (including phenoxy) is 1. The van der Waals surface area contributed by atoms with E-state index in [9.17, 15) is 4.79 Å². The molecule has 0 aromatic carbocycles. The van der Waals surface area contributed by atoms with E-state index in [2.05, 4.69) is 19.8 Å². The molecule has 0 radical (unpaired) electrons. The molecule has 2 heterocycles. The smallest absolute Gasteiger partial charge is 0.322 e. The maximum atomic E-state index is 11.5. The quantitative estimate of drug-likeness (QED) is 0.712. The van der Waals surface area contributed by atoms with Gasteiger partial charge < -0.3 is 9.64 Å². The summed E-state index contributed by atoms with van der Waals surface area (Å²) in [7, 11) is 1.42. The summed E-state index contributed by atoms with van der Waals surface area (Å²) >= 11 is 0. The van der Waals surface area contributed by atoms with Crippen LogP contribution in [0.3, 0.4) is 0 Å². The van der Waals surface area contributed by atoms with Gasteiger partial charge in [0.25, 0.3) is 0 Å². The number of carbonyl (C=O) groups is 1. The minimum Gasteiger partial charge on any atom is -0.468 e. The number of methoxy groups -OCH3 is 1. The van der Waals surface area contributed by atoms with Crippen LogP contribution in [0.1, 0.15) is 6.92 Å². The van der Waals surface area contributed by atoms with E-state index in [1.807, 2.05) is 6.92 Å². The summed E-state index contributed by atoms with van der Waals surface area (Å²) in [5.41, 5.74) is 0. The van der Waals surface area contributed by atoms with E-state index in [1.54, 1.807) is 18.5 Å². The molecule has 6 nitrogen and oxygen atoms in total. The Morgan fingerprint density at radius 1 is 1.28 bits per heavy atom. The Kier molecular flexibility index (Phi) is 4.09. The van der Waals surface area contributed by atoms with Crippen LogP contribution in [0, 0.1) is 0 Å². The molecular formula is C12H18N4O2. The SMILES string of the molecule is COC(=O)C(C)N1CCN(c2ncccn2)CC1. The van der Waals surface area contributed by atoms with Gasteiger partial charge in [0, 0.05) is 38.6 Å². The number of hydrogen-bond acceptors (Lipinski definition) is 6. The first-order valence-electron chi connectivity index (χ1n) is 6.06. The van der Waals surface area contributed by atoms with Crippen molar-refractivity contribution in [1.82, 2.24) is 14.9 Å². The van der Waals surface area contributed by atoms with Crippen LogP contribution in [0.15, 0.2) is 18.5 Å². The molecule has 18 heavy (non-hydrogen) atoms. The standard InChI is InChI=1S/C12H18N4O2/c1-10(11(17)18-2)15-6-8-16(9-7-15)12-13-4-3-5-14-12/h3-5,10H,6-9H2,1-2H3. The summed E-state index contributed by atoms with van der Waals surface area (Å²) in [6.07, 6.45) is 3.48. The third-order valence-electron chi connectivity index (χ3n) is 3.24. The second-order valence-corrected chi connectivity index (χ2v) is 4.27. The minimum absolute atomic E-state index is 0.181. The van der Waals surface area contributed by atoms with Gasteiger partial charge in [0.05, 0.1) is 7.11 Å².